The third kappa shape index (κ3) is 3.13. The standard InChI is InChI=1S/C18H25NS/c1-5-12(2)17(15-9-7-6-8-10-15)18(19)16-11-13(3)20-14(16)4/h6-12,17-18H,5,19H2,1-4H3. The molecule has 1 heterocycles. The van der Waals surface area contributed by atoms with Crippen molar-refractivity contribution in [1.82, 2.24) is 0 Å². The Morgan fingerprint density at radius 3 is 2.30 bits per heavy atom. The fourth-order valence-electron chi connectivity index (χ4n) is 2.99. The molecule has 2 N–H and O–H groups in total. The van der Waals surface area contributed by atoms with Crippen LogP contribution in [-0.4, -0.2) is 0 Å². The van der Waals surface area contributed by atoms with Crippen LogP contribution in [0.1, 0.15) is 53.1 Å². The van der Waals surface area contributed by atoms with Crippen LogP contribution in [0.2, 0.25) is 0 Å². The summed E-state index contributed by atoms with van der Waals surface area (Å²) in [4.78, 5) is 2.71. The van der Waals surface area contributed by atoms with Crippen molar-refractivity contribution in [3.63, 3.8) is 0 Å². The van der Waals surface area contributed by atoms with Crippen LogP contribution < -0.4 is 5.73 Å². The van der Waals surface area contributed by atoms with Crippen LogP contribution >= 0.6 is 11.3 Å². The molecule has 0 saturated heterocycles. The first-order valence-corrected chi connectivity index (χ1v) is 8.23. The van der Waals surface area contributed by atoms with E-state index in [1.54, 1.807) is 0 Å². The van der Waals surface area contributed by atoms with E-state index in [2.05, 4.69) is 64.1 Å². The normalized spacial score (nSPS) is 15.8. The van der Waals surface area contributed by atoms with Gasteiger partial charge >= 0.3 is 0 Å². The molecule has 0 bridgehead atoms. The van der Waals surface area contributed by atoms with Gasteiger partial charge in [0.25, 0.3) is 0 Å². The minimum absolute atomic E-state index is 0.0808. The highest BCUT2D eigenvalue weighted by Gasteiger charge is 2.27. The van der Waals surface area contributed by atoms with Gasteiger partial charge in [0.15, 0.2) is 0 Å². The molecule has 2 aromatic rings. The molecule has 0 radical (unpaired) electrons. The fourth-order valence-corrected chi connectivity index (χ4v) is 3.98. The van der Waals surface area contributed by atoms with Crippen LogP contribution in [0, 0.1) is 19.8 Å². The van der Waals surface area contributed by atoms with Crippen molar-refractivity contribution in [2.45, 2.75) is 46.1 Å². The van der Waals surface area contributed by atoms with E-state index in [1.165, 1.54) is 20.9 Å². The maximum Gasteiger partial charge on any atom is 0.0378 e. The summed E-state index contributed by atoms with van der Waals surface area (Å²) in [6.07, 6.45) is 1.15. The summed E-state index contributed by atoms with van der Waals surface area (Å²) in [5.41, 5.74) is 9.35. The molecule has 0 aliphatic rings. The van der Waals surface area contributed by atoms with E-state index in [4.69, 9.17) is 5.73 Å². The van der Waals surface area contributed by atoms with Crippen LogP contribution in [0.15, 0.2) is 36.4 Å². The van der Waals surface area contributed by atoms with Gasteiger partial charge in [-0.05, 0) is 37.0 Å². The summed E-state index contributed by atoms with van der Waals surface area (Å²) in [5, 5.41) is 0. The number of hydrogen-bond acceptors (Lipinski definition) is 2. The van der Waals surface area contributed by atoms with Gasteiger partial charge in [0.2, 0.25) is 0 Å². The summed E-state index contributed by atoms with van der Waals surface area (Å²) in [5.74, 6) is 0.959. The second-order valence-electron chi connectivity index (χ2n) is 5.72. The van der Waals surface area contributed by atoms with Crippen molar-refractivity contribution in [1.29, 1.82) is 0 Å². The molecule has 0 spiro atoms. The maximum absolute atomic E-state index is 6.67. The quantitative estimate of drug-likeness (QED) is 0.804. The summed E-state index contributed by atoms with van der Waals surface area (Å²) in [6.45, 7) is 8.91. The van der Waals surface area contributed by atoms with Crippen LogP contribution in [0.5, 0.6) is 0 Å². The van der Waals surface area contributed by atoms with Gasteiger partial charge in [0, 0.05) is 21.7 Å². The van der Waals surface area contributed by atoms with Gasteiger partial charge in [-0.2, -0.15) is 0 Å². The molecule has 0 fully saturated rings. The highest BCUT2D eigenvalue weighted by atomic mass is 32.1. The minimum Gasteiger partial charge on any atom is -0.323 e. The Morgan fingerprint density at radius 2 is 1.80 bits per heavy atom. The third-order valence-corrected chi connectivity index (χ3v) is 5.25. The zero-order valence-corrected chi connectivity index (χ0v) is 13.7. The average Bonchev–Trinajstić information content (AvgIpc) is 2.79. The SMILES string of the molecule is CCC(C)C(c1ccccc1)C(N)c1cc(C)sc1C. The van der Waals surface area contributed by atoms with E-state index < -0.39 is 0 Å². The first-order chi connectivity index (χ1) is 9.54. The van der Waals surface area contributed by atoms with Crippen LogP contribution in [0.25, 0.3) is 0 Å². The lowest BCUT2D eigenvalue weighted by Crippen LogP contribution is -2.25. The van der Waals surface area contributed by atoms with E-state index in [-0.39, 0.29) is 6.04 Å². The number of thiophene rings is 1. The molecule has 1 aromatic heterocycles. The Kier molecular flexibility index (Phi) is 5.00. The van der Waals surface area contributed by atoms with Crippen molar-refractivity contribution in [2.24, 2.45) is 11.7 Å². The largest absolute Gasteiger partial charge is 0.323 e. The Bertz CT molecular complexity index is 544. The third-order valence-electron chi connectivity index (χ3n) is 4.27. The van der Waals surface area contributed by atoms with E-state index in [0.717, 1.165) is 6.42 Å². The first kappa shape index (κ1) is 15.3. The molecule has 3 unspecified atom stereocenters. The molecular formula is C18H25NS. The number of aryl methyl sites for hydroxylation is 2. The van der Waals surface area contributed by atoms with E-state index in [0.29, 0.717) is 11.8 Å². The minimum atomic E-state index is 0.0808. The van der Waals surface area contributed by atoms with Gasteiger partial charge in [-0.1, -0.05) is 50.6 Å². The van der Waals surface area contributed by atoms with Crippen molar-refractivity contribution in [3.05, 3.63) is 57.3 Å². The van der Waals surface area contributed by atoms with Gasteiger partial charge in [-0.15, -0.1) is 11.3 Å². The lowest BCUT2D eigenvalue weighted by atomic mass is 9.78. The zero-order chi connectivity index (χ0) is 14.7. The Hall–Kier alpha value is -1.12. The van der Waals surface area contributed by atoms with Gasteiger partial charge in [0.05, 0.1) is 0 Å². The summed E-state index contributed by atoms with van der Waals surface area (Å²) >= 11 is 1.85. The number of rotatable bonds is 5. The topological polar surface area (TPSA) is 26.0 Å². The first-order valence-electron chi connectivity index (χ1n) is 7.42. The predicted octanol–water partition coefficient (Wildman–Crippen LogP) is 5.19. The number of hydrogen-bond donors (Lipinski definition) is 1. The molecule has 20 heavy (non-hydrogen) atoms. The Labute approximate surface area is 126 Å². The zero-order valence-electron chi connectivity index (χ0n) is 12.9. The molecule has 1 nitrogen and oxygen atoms in total. The molecule has 2 rings (SSSR count). The van der Waals surface area contributed by atoms with Crippen LogP contribution in [0.3, 0.4) is 0 Å². The van der Waals surface area contributed by atoms with Gasteiger partial charge in [0.1, 0.15) is 0 Å². The number of benzene rings is 1. The molecule has 1 aromatic carbocycles. The lowest BCUT2D eigenvalue weighted by Gasteiger charge is -2.29. The van der Waals surface area contributed by atoms with Gasteiger partial charge < -0.3 is 5.73 Å². The predicted molar refractivity (Wildman–Crippen MR) is 89.4 cm³/mol. The molecule has 0 amide bonds. The average molecular weight is 287 g/mol. The molecular weight excluding hydrogens is 262 g/mol. The molecule has 0 saturated carbocycles. The Balaban J connectivity index is 2.39. The summed E-state index contributed by atoms with van der Waals surface area (Å²) < 4.78 is 0. The van der Waals surface area contributed by atoms with Crippen molar-refractivity contribution in [3.8, 4) is 0 Å². The van der Waals surface area contributed by atoms with Crippen molar-refractivity contribution < 1.29 is 0 Å². The molecule has 0 aliphatic carbocycles. The van der Waals surface area contributed by atoms with Crippen LogP contribution in [0.4, 0.5) is 0 Å². The lowest BCUT2D eigenvalue weighted by molar-refractivity contribution is 0.387. The second-order valence-corrected chi connectivity index (χ2v) is 7.18. The van der Waals surface area contributed by atoms with Crippen LogP contribution in [-0.2, 0) is 0 Å². The second kappa shape index (κ2) is 6.55. The van der Waals surface area contributed by atoms with Crippen molar-refractivity contribution >= 4 is 11.3 Å². The van der Waals surface area contributed by atoms with Crippen molar-refractivity contribution in [2.75, 3.05) is 0 Å². The van der Waals surface area contributed by atoms with E-state index >= 15 is 0 Å². The fraction of sp³-hybridized carbons (Fsp3) is 0.444. The monoisotopic (exact) mass is 287 g/mol. The van der Waals surface area contributed by atoms with Gasteiger partial charge in [-0.3, -0.25) is 0 Å². The van der Waals surface area contributed by atoms with E-state index in [1.807, 2.05) is 11.3 Å². The number of nitrogens with two attached hydrogens (primary N) is 1. The maximum atomic E-state index is 6.67. The highest BCUT2D eigenvalue weighted by Crippen LogP contribution is 2.39. The highest BCUT2D eigenvalue weighted by molar-refractivity contribution is 7.12. The summed E-state index contributed by atoms with van der Waals surface area (Å²) in [6, 6.07) is 13.1. The molecule has 3 atom stereocenters. The van der Waals surface area contributed by atoms with E-state index in [9.17, 15) is 0 Å². The molecule has 0 aliphatic heterocycles. The Morgan fingerprint density at radius 1 is 1.15 bits per heavy atom. The van der Waals surface area contributed by atoms with Gasteiger partial charge in [-0.25, -0.2) is 0 Å². The molecule has 2 heteroatoms. The molecule has 108 valence electrons. The smallest absolute Gasteiger partial charge is 0.0378 e. The summed E-state index contributed by atoms with van der Waals surface area (Å²) in [7, 11) is 0.